The van der Waals surface area contributed by atoms with Crippen LogP contribution in [0.15, 0.2) is 30.5 Å². The summed E-state index contributed by atoms with van der Waals surface area (Å²) in [5, 5.41) is 0. The van der Waals surface area contributed by atoms with Gasteiger partial charge in [-0.3, -0.25) is 0 Å². The molecular weight excluding hydrogens is 226 g/mol. The normalized spacial score (nSPS) is 10.3. The monoisotopic (exact) mass is 236 g/mol. The number of benzene rings is 1. The van der Waals surface area contributed by atoms with E-state index in [1.54, 1.807) is 13.0 Å². The van der Waals surface area contributed by atoms with Crippen molar-refractivity contribution >= 4 is 5.69 Å². The Kier molecular flexibility index (Phi) is 2.91. The molecule has 0 atom stereocenters. The average Bonchev–Trinajstić information content (AvgIpc) is 2.27. The third-order valence-electron chi connectivity index (χ3n) is 2.23. The van der Waals surface area contributed by atoms with Gasteiger partial charge in [0.05, 0.1) is 11.9 Å². The third-order valence-corrected chi connectivity index (χ3v) is 2.23. The molecule has 1 aromatic carbocycles. The van der Waals surface area contributed by atoms with Gasteiger partial charge in [-0.15, -0.1) is 0 Å². The molecule has 0 saturated heterocycles. The van der Waals surface area contributed by atoms with Crippen molar-refractivity contribution in [3.8, 4) is 11.6 Å². The van der Waals surface area contributed by atoms with E-state index in [0.717, 1.165) is 17.7 Å². The highest BCUT2D eigenvalue weighted by Crippen LogP contribution is 2.25. The van der Waals surface area contributed by atoms with E-state index in [9.17, 15) is 8.78 Å². The fourth-order valence-electron chi connectivity index (χ4n) is 1.27. The molecule has 17 heavy (non-hydrogen) atoms. The molecule has 5 heteroatoms. The molecule has 0 saturated carbocycles. The fraction of sp³-hybridized carbons (Fsp3) is 0.0833. The van der Waals surface area contributed by atoms with Crippen LogP contribution in [-0.4, -0.2) is 4.98 Å². The van der Waals surface area contributed by atoms with Crippen LogP contribution in [0, 0.1) is 18.6 Å². The van der Waals surface area contributed by atoms with Gasteiger partial charge in [0.15, 0.2) is 11.6 Å². The first kappa shape index (κ1) is 11.3. The van der Waals surface area contributed by atoms with Crippen molar-refractivity contribution in [1.82, 2.24) is 4.98 Å². The van der Waals surface area contributed by atoms with Crippen LogP contribution in [-0.2, 0) is 0 Å². The van der Waals surface area contributed by atoms with E-state index in [0.29, 0.717) is 5.69 Å². The van der Waals surface area contributed by atoms with Crippen LogP contribution in [0.4, 0.5) is 14.5 Å². The lowest BCUT2D eigenvalue weighted by atomic mass is 10.2. The molecular formula is C12H10F2N2O. The smallest absolute Gasteiger partial charge is 0.219 e. The Morgan fingerprint density at radius 3 is 2.65 bits per heavy atom. The van der Waals surface area contributed by atoms with E-state index in [1.807, 2.05) is 0 Å². The molecule has 0 amide bonds. The average molecular weight is 236 g/mol. The molecule has 2 rings (SSSR count). The summed E-state index contributed by atoms with van der Waals surface area (Å²) in [5.74, 6) is -1.30. The number of anilines is 1. The van der Waals surface area contributed by atoms with Gasteiger partial charge in [0, 0.05) is 12.1 Å². The van der Waals surface area contributed by atoms with E-state index < -0.39 is 11.6 Å². The Labute approximate surface area is 96.9 Å². The molecule has 0 fully saturated rings. The Hall–Kier alpha value is -2.17. The number of aromatic nitrogens is 1. The minimum atomic E-state index is -0.777. The number of hydrogen-bond donors (Lipinski definition) is 1. The van der Waals surface area contributed by atoms with Crippen LogP contribution in [0.5, 0.6) is 11.6 Å². The summed E-state index contributed by atoms with van der Waals surface area (Å²) in [6.45, 7) is 1.78. The lowest BCUT2D eigenvalue weighted by Crippen LogP contribution is -1.95. The first-order valence-corrected chi connectivity index (χ1v) is 4.91. The first-order valence-electron chi connectivity index (χ1n) is 4.91. The van der Waals surface area contributed by atoms with Crippen LogP contribution >= 0.6 is 0 Å². The highest BCUT2D eigenvalue weighted by molar-refractivity contribution is 5.46. The summed E-state index contributed by atoms with van der Waals surface area (Å²) in [6, 6.07) is 4.65. The minimum Gasteiger partial charge on any atom is -0.436 e. The molecule has 0 radical (unpaired) electrons. The zero-order chi connectivity index (χ0) is 12.4. The second-order valence-corrected chi connectivity index (χ2v) is 3.56. The van der Waals surface area contributed by atoms with Crippen molar-refractivity contribution in [2.45, 2.75) is 6.92 Å². The lowest BCUT2D eigenvalue weighted by molar-refractivity contribution is 0.423. The topological polar surface area (TPSA) is 48.1 Å². The Balaban J connectivity index is 2.28. The third kappa shape index (κ3) is 2.50. The Morgan fingerprint density at radius 2 is 2.00 bits per heavy atom. The van der Waals surface area contributed by atoms with E-state index >= 15 is 0 Å². The highest BCUT2D eigenvalue weighted by atomic mass is 19.1. The van der Waals surface area contributed by atoms with Crippen LogP contribution in [0.3, 0.4) is 0 Å². The van der Waals surface area contributed by atoms with E-state index in [4.69, 9.17) is 10.5 Å². The predicted molar refractivity (Wildman–Crippen MR) is 59.8 cm³/mol. The molecule has 0 spiro atoms. The maximum atomic E-state index is 13.3. The van der Waals surface area contributed by atoms with Crippen LogP contribution in [0.2, 0.25) is 0 Å². The van der Waals surface area contributed by atoms with Gasteiger partial charge in [0.1, 0.15) is 5.82 Å². The Bertz CT molecular complexity index is 558. The van der Waals surface area contributed by atoms with Gasteiger partial charge >= 0.3 is 0 Å². The van der Waals surface area contributed by atoms with E-state index in [1.165, 1.54) is 12.3 Å². The number of halogens is 2. The quantitative estimate of drug-likeness (QED) is 0.871. The second-order valence-electron chi connectivity index (χ2n) is 3.56. The number of nitrogen functional groups attached to an aromatic ring is 1. The molecule has 3 nitrogen and oxygen atoms in total. The molecule has 2 aromatic rings. The van der Waals surface area contributed by atoms with Gasteiger partial charge in [-0.05, 0) is 24.6 Å². The van der Waals surface area contributed by atoms with E-state index in [-0.39, 0.29) is 11.6 Å². The van der Waals surface area contributed by atoms with Crippen molar-refractivity contribution in [3.63, 3.8) is 0 Å². The summed E-state index contributed by atoms with van der Waals surface area (Å²) >= 11 is 0. The highest BCUT2D eigenvalue weighted by Gasteiger charge is 2.07. The van der Waals surface area contributed by atoms with Crippen molar-refractivity contribution in [3.05, 3.63) is 47.7 Å². The minimum absolute atomic E-state index is 0.0805. The molecule has 88 valence electrons. The molecule has 0 aliphatic carbocycles. The maximum absolute atomic E-state index is 13.3. The molecule has 1 heterocycles. The summed E-state index contributed by atoms with van der Waals surface area (Å²) < 4.78 is 31.2. The SMILES string of the molecule is Cc1cc(Oc2ccc(F)cc2F)ncc1N. The maximum Gasteiger partial charge on any atom is 0.219 e. The summed E-state index contributed by atoms with van der Waals surface area (Å²) in [6.07, 6.45) is 1.42. The number of aryl methyl sites for hydroxylation is 1. The summed E-state index contributed by atoms with van der Waals surface area (Å²) in [7, 11) is 0. The van der Waals surface area contributed by atoms with Crippen LogP contribution in [0.1, 0.15) is 5.56 Å². The molecule has 0 bridgehead atoms. The zero-order valence-electron chi connectivity index (χ0n) is 9.08. The second kappa shape index (κ2) is 4.37. The van der Waals surface area contributed by atoms with Crippen molar-refractivity contribution in [2.75, 3.05) is 5.73 Å². The Morgan fingerprint density at radius 1 is 1.24 bits per heavy atom. The standard InChI is InChI=1S/C12H10F2N2O/c1-7-4-12(16-6-10(7)15)17-11-3-2-8(13)5-9(11)14/h2-6H,15H2,1H3. The van der Waals surface area contributed by atoms with Crippen LogP contribution in [0.25, 0.3) is 0 Å². The molecule has 2 N–H and O–H groups in total. The van der Waals surface area contributed by atoms with Gasteiger partial charge in [-0.25, -0.2) is 13.8 Å². The number of pyridine rings is 1. The molecule has 0 aliphatic rings. The molecule has 0 aliphatic heterocycles. The number of rotatable bonds is 2. The van der Waals surface area contributed by atoms with Gasteiger partial charge < -0.3 is 10.5 Å². The van der Waals surface area contributed by atoms with Gasteiger partial charge in [-0.1, -0.05) is 0 Å². The van der Waals surface area contributed by atoms with Crippen molar-refractivity contribution < 1.29 is 13.5 Å². The van der Waals surface area contributed by atoms with Crippen molar-refractivity contribution in [2.24, 2.45) is 0 Å². The zero-order valence-corrected chi connectivity index (χ0v) is 9.08. The fourth-order valence-corrected chi connectivity index (χ4v) is 1.27. The van der Waals surface area contributed by atoms with Gasteiger partial charge in [-0.2, -0.15) is 0 Å². The number of nitrogens with zero attached hydrogens (tertiary/aromatic N) is 1. The first-order chi connectivity index (χ1) is 8.06. The van der Waals surface area contributed by atoms with Crippen LogP contribution < -0.4 is 10.5 Å². The largest absolute Gasteiger partial charge is 0.436 e. The van der Waals surface area contributed by atoms with E-state index in [2.05, 4.69) is 4.98 Å². The van der Waals surface area contributed by atoms with Crippen molar-refractivity contribution in [1.29, 1.82) is 0 Å². The summed E-state index contributed by atoms with van der Waals surface area (Å²) in [5.41, 5.74) is 6.89. The lowest BCUT2D eigenvalue weighted by Gasteiger charge is -2.07. The predicted octanol–water partition coefficient (Wildman–Crippen LogP) is 3.04. The molecule has 0 unspecified atom stereocenters. The number of hydrogen-bond acceptors (Lipinski definition) is 3. The van der Waals surface area contributed by atoms with Gasteiger partial charge in [0.2, 0.25) is 5.88 Å². The summed E-state index contributed by atoms with van der Waals surface area (Å²) in [4.78, 5) is 3.89. The molecule has 1 aromatic heterocycles. The number of ether oxygens (including phenoxy) is 1. The number of nitrogens with two attached hydrogens (primary N) is 1. The van der Waals surface area contributed by atoms with Gasteiger partial charge in [0.25, 0.3) is 0 Å².